The van der Waals surface area contributed by atoms with Gasteiger partial charge in [-0.2, -0.15) is 26.9 Å². The van der Waals surface area contributed by atoms with Crippen LogP contribution in [0.5, 0.6) is 5.88 Å². The lowest BCUT2D eigenvalue weighted by molar-refractivity contribution is -0.290. The van der Waals surface area contributed by atoms with Crippen LogP contribution in [-0.4, -0.2) is 35.2 Å². The van der Waals surface area contributed by atoms with E-state index in [9.17, 15) is 22.0 Å². The number of hydrogen-bond acceptors (Lipinski definition) is 4. The van der Waals surface area contributed by atoms with Gasteiger partial charge in [-0.25, -0.2) is 4.98 Å². The summed E-state index contributed by atoms with van der Waals surface area (Å²) in [6.07, 6.45) is -4.46. The minimum Gasteiger partial charge on any atom is -0.471 e. The monoisotopic (exact) mass is 271 g/mol. The Morgan fingerprint density at radius 1 is 1.28 bits per heavy atom. The molecule has 0 saturated heterocycles. The summed E-state index contributed by atoms with van der Waals surface area (Å²) in [5.41, 5.74) is 0. The fourth-order valence-electron chi connectivity index (χ4n) is 0.912. The van der Waals surface area contributed by atoms with Crippen LogP contribution in [-0.2, 0) is 0 Å². The molecule has 0 amide bonds. The quantitative estimate of drug-likeness (QED) is 0.836. The molecule has 0 atom stereocenters. The summed E-state index contributed by atoms with van der Waals surface area (Å²) in [6.45, 7) is 0.399. The van der Waals surface area contributed by atoms with Gasteiger partial charge < -0.3 is 10.1 Å². The molecule has 4 nitrogen and oxygen atoms in total. The SMILES string of the molecule is CCNc1nccc(OCC(F)(F)C(F)(F)F)n1. The molecule has 1 aromatic heterocycles. The first-order valence-electron chi connectivity index (χ1n) is 4.90. The second-order valence-electron chi connectivity index (χ2n) is 3.24. The molecule has 0 aromatic carbocycles. The van der Waals surface area contributed by atoms with Crippen molar-refractivity contribution >= 4 is 5.95 Å². The predicted molar refractivity (Wildman–Crippen MR) is 52.7 cm³/mol. The molecule has 0 bridgehead atoms. The maximum Gasteiger partial charge on any atom is 0.456 e. The van der Waals surface area contributed by atoms with Gasteiger partial charge in [0.2, 0.25) is 11.8 Å². The molecular weight excluding hydrogens is 261 g/mol. The third kappa shape index (κ3) is 3.67. The number of alkyl halides is 5. The summed E-state index contributed by atoms with van der Waals surface area (Å²) < 4.78 is 65.0. The van der Waals surface area contributed by atoms with Crippen LogP contribution in [0.4, 0.5) is 27.9 Å². The van der Waals surface area contributed by atoms with Crippen LogP contribution in [0.1, 0.15) is 6.92 Å². The molecule has 0 aliphatic carbocycles. The fraction of sp³-hybridized carbons (Fsp3) is 0.556. The van der Waals surface area contributed by atoms with Gasteiger partial charge >= 0.3 is 12.1 Å². The van der Waals surface area contributed by atoms with Gasteiger partial charge in [0.25, 0.3) is 0 Å². The maximum atomic E-state index is 12.6. The second-order valence-corrected chi connectivity index (χ2v) is 3.24. The fourth-order valence-corrected chi connectivity index (χ4v) is 0.912. The Morgan fingerprint density at radius 2 is 1.94 bits per heavy atom. The number of halogens is 5. The van der Waals surface area contributed by atoms with E-state index in [4.69, 9.17) is 0 Å². The van der Waals surface area contributed by atoms with Gasteiger partial charge in [-0.3, -0.25) is 0 Å². The van der Waals surface area contributed by atoms with Crippen molar-refractivity contribution < 1.29 is 26.7 Å². The molecule has 9 heteroatoms. The van der Waals surface area contributed by atoms with Crippen LogP contribution in [0.3, 0.4) is 0 Å². The predicted octanol–water partition coefficient (Wildman–Crippen LogP) is 2.48. The highest BCUT2D eigenvalue weighted by Gasteiger charge is 2.58. The van der Waals surface area contributed by atoms with Crippen LogP contribution < -0.4 is 10.1 Å². The van der Waals surface area contributed by atoms with E-state index in [1.807, 2.05) is 0 Å². The van der Waals surface area contributed by atoms with Gasteiger partial charge in [-0.1, -0.05) is 0 Å². The molecule has 0 aliphatic heterocycles. The summed E-state index contributed by atoms with van der Waals surface area (Å²) in [6, 6.07) is 1.09. The lowest BCUT2D eigenvalue weighted by atomic mass is 10.3. The first-order valence-corrected chi connectivity index (χ1v) is 4.90. The van der Waals surface area contributed by atoms with E-state index in [0.717, 1.165) is 6.07 Å². The summed E-state index contributed by atoms with van der Waals surface area (Å²) in [5, 5.41) is 2.66. The number of nitrogens with one attached hydrogen (secondary N) is 1. The van der Waals surface area contributed by atoms with E-state index in [1.54, 1.807) is 6.92 Å². The lowest BCUT2D eigenvalue weighted by Crippen LogP contribution is -2.41. The van der Waals surface area contributed by atoms with Crippen LogP contribution in [0, 0.1) is 0 Å². The number of ether oxygens (including phenoxy) is 1. The molecule has 18 heavy (non-hydrogen) atoms. The van der Waals surface area contributed by atoms with E-state index < -0.39 is 18.7 Å². The van der Waals surface area contributed by atoms with E-state index in [-0.39, 0.29) is 11.8 Å². The highest BCUT2D eigenvalue weighted by Crippen LogP contribution is 2.35. The number of anilines is 1. The first kappa shape index (κ1) is 14.4. The van der Waals surface area contributed by atoms with E-state index >= 15 is 0 Å². The average Bonchev–Trinajstić information content (AvgIpc) is 2.26. The first-order chi connectivity index (χ1) is 8.26. The molecular formula is C9H10F5N3O. The van der Waals surface area contributed by atoms with Crippen molar-refractivity contribution in [2.45, 2.75) is 19.0 Å². The van der Waals surface area contributed by atoms with Crippen molar-refractivity contribution in [3.05, 3.63) is 12.3 Å². The summed E-state index contributed by atoms with van der Waals surface area (Å²) >= 11 is 0. The van der Waals surface area contributed by atoms with Gasteiger partial charge in [0.1, 0.15) is 0 Å². The van der Waals surface area contributed by atoms with E-state index in [2.05, 4.69) is 20.0 Å². The number of hydrogen-bond donors (Lipinski definition) is 1. The minimum absolute atomic E-state index is 0.0883. The number of nitrogens with zero attached hydrogens (tertiary/aromatic N) is 2. The molecule has 1 rings (SSSR count). The van der Waals surface area contributed by atoms with Crippen LogP contribution >= 0.6 is 0 Å². The smallest absolute Gasteiger partial charge is 0.456 e. The highest BCUT2D eigenvalue weighted by molar-refractivity contribution is 5.26. The Hall–Kier alpha value is -1.67. The van der Waals surface area contributed by atoms with Crippen LogP contribution in [0.15, 0.2) is 12.3 Å². The zero-order valence-electron chi connectivity index (χ0n) is 9.26. The van der Waals surface area contributed by atoms with Crippen LogP contribution in [0.2, 0.25) is 0 Å². The molecule has 102 valence electrons. The molecule has 0 spiro atoms. The third-order valence-corrected chi connectivity index (χ3v) is 1.78. The van der Waals surface area contributed by atoms with Crippen molar-refractivity contribution in [2.75, 3.05) is 18.5 Å². The number of aromatic nitrogens is 2. The standard InChI is InChI=1S/C9H10F5N3O/c1-2-15-7-16-4-3-6(17-7)18-5-8(10,11)9(12,13)14/h3-4H,2,5H2,1H3,(H,15,16,17). The average molecular weight is 271 g/mol. The molecule has 1 heterocycles. The van der Waals surface area contributed by atoms with Crippen LogP contribution in [0.25, 0.3) is 0 Å². The second kappa shape index (κ2) is 5.32. The maximum absolute atomic E-state index is 12.6. The molecule has 1 aromatic rings. The normalized spacial score (nSPS) is 12.3. The van der Waals surface area contributed by atoms with Gasteiger partial charge in [0, 0.05) is 18.8 Å². The summed E-state index contributed by atoms with van der Waals surface area (Å²) in [4.78, 5) is 7.31. The molecule has 0 radical (unpaired) electrons. The van der Waals surface area contributed by atoms with Gasteiger partial charge in [0.05, 0.1) is 0 Å². The summed E-state index contributed by atoms with van der Waals surface area (Å²) in [5.74, 6) is -5.19. The molecule has 0 aliphatic rings. The zero-order chi connectivity index (χ0) is 13.8. The van der Waals surface area contributed by atoms with Crippen molar-refractivity contribution in [3.63, 3.8) is 0 Å². The Labute approximate surface area is 99.2 Å². The van der Waals surface area contributed by atoms with Gasteiger partial charge in [0.15, 0.2) is 6.61 Å². The Morgan fingerprint density at radius 3 is 2.50 bits per heavy atom. The van der Waals surface area contributed by atoms with E-state index in [0.29, 0.717) is 6.54 Å². The zero-order valence-corrected chi connectivity index (χ0v) is 9.26. The van der Waals surface area contributed by atoms with Gasteiger partial charge in [-0.05, 0) is 6.92 Å². The van der Waals surface area contributed by atoms with E-state index in [1.165, 1.54) is 6.20 Å². The Bertz CT molecular complexity index is 396. The Balaban J connectivity index is 2.66. The molecule has 1 N–H and O–H groups in total. The largest absolute Gasteiger partial charge is 0.471 e. The van der Waals surface area contributed by atoms with Crippen molar-refractivity contribution in [2.24, 2.45) is 0 Å². The topological polar surface area (TPSA) is 47.0 Å². The number of rotatable bonds is 5. The highest BCUT2D eigenvalue weighted by atomic mass is 19.4. The molecule has 0 fully saturated rings. The molecule has 0 saturated carbocycles. The third-order valence-electron chi connectivity index (χ3n) is 1.78. The van der Waals surface area contributed by atoms with Crippen molar-refractivity contribution in [3.8, 4) is 5.88 Å². The molecule has 0 unspecified atom stereocenters. The van der Waals surface area contributed by atoms with Crippen molar-refractivity contribution in [1.29, 1.82) is 0 Å². The minimum atomic E-state index is -5.65. The summed E-state index contributed by atoms with van der Waals surface area (Å²) in [7, 11) is 0. The van der Waals surface area contributed by atoms with Crippen molar-refractivity contribution in [1.82, 2.24) is 9.97 Å². The lowest BCUT2D eigenvalue weighted by Gasteiger charge is -2.19. The van der Waals surface area contributed by atoms with Gasteiger partial charge in [-0.15, -0.1) is 0 Å². The Kier molecular flexibility index (Phi) is 4.25.